The van der Waals surface area contributed by atoms with E-state index in [4.69, 9.17) is 12.2 Å². The van der Waals surface area contributed by atoms with Crippen molar-refractivity contribution in [1.29, 1.82) is 0 Å². The zero-order valence-corrected chi connectivity index (χ0v) is 13.8. The van der Waals surface area contributed by atoms with E-state index in [1.165, 1.54) is 10.8 Å². The lowest BCUT2D eigenvalue weighted by Gasteiger charge is -2.04. The molecule has 0 atom stereocenters. The highest BCUT2D eigenvalue weighted by atomic mass is 32.1. The Kier molecular flexibility index (Phi) is 3.75. The Labute approximate surface area is 144 Å². The molecule has 4 rings (SSSR count). The van der Waals surface area contributed by atoms with Crippen LogP contribution in [0.4, 0.5) is 0 Å². The number of H-pyrrole nitrogens is 2. The van der Waals surface area contributed by atoms with Gasteiger partial charge in [-0.2, -0.15) is 0 Å². The Morgan fingerprint density at radius 2 is 1.46 bits per heavy atom. The molecular weight excluding hydrogens is 316 g/mol. The van der Waals surface area contributed by atoms with Crippen molar-refractivity contribution in [3.63, 3.8) is 0 Å². The summed E-state index contributed by atoms with van der Waals surface area (Å²) < 4.78 is 0.602. The van der Waals surface area contributed by atoms with Gasteiger partial charge in [0, 0.05) is 12.8 Å². The van der Waals surface area contributed by atoms with E-state index in [-0.39, 0.29) is 5.78 Å². The fourth-order valence-corrected chi connectivity index (χ4v) is 3.28. The van der Waals surface area contributed by atoms with Gasteiger partial charge in [-0.05, 0) is 46.2 Å². The minimum atomic E-state index is 0.207. The molecule has 0 fully saturated rings. The van der Waals surface area contributed by atoms with Gasteiger partial charge in [-0.25, -0.2) is 0 Å². The quantitative estimate of drug-likeness (QED) is 0.531. The van der Waals surface area contributed by atoms with E-state index >= 15 is 0 Å². The Morgan fingerprint density at radius 3 is 2.29 bits per heavy atom. The van der Waals surface area contributed by atoms with Gasteiger partial charge in [-0.3, -0.25) is 4.79 Å². The maximum absolute atomic E-state index is 12.4. The predicted octanol–water partition coefficient (Wildman–Crippen LogP) is 4.73. The topological polar surface area (TPSA) is 48.6 Å². The molecule has 0 aliphatic rings. The van der Waals surface area contributed by atoms with Gasteiger partial charge in [-0.1, -0.05) is 48.5 Å². The molecule has 0 radical (unpaired) electrons. The number of imidazole rings is 1. The number of hydrogen-bond acceptors (Lipinski definition) is 2. The number of nitrogens with one attached hydrogen (secondary N) is 2. The van der Waals surface area contributed by atoms with Crippen LogP contribution >= 0.6 is 12.2 Å². The molecule has 0 amide bonds. The first-order chi connectivity index (χ1) is 11.7. The van der Waals surface area contributed by atoms with Crippen LogP contribution in [0.5, 0.6) is 0 Å². The number of ketones is 1. The number of carbonyl (C=O) groups is 1. The minimum absolute atomic E-state index is 0.207. The van der Waals surface area contributed by atoms with Crippen molar-refractivity contribution in [3.05, 3.63) is 76.6 Å². The summed E-state index contributed by atoms with van der Waals surface area (Å²) in [5, 5.41) is 2.37. The minimum Gasteiger partial charge on any atom is -0.331 e. The van der Waals surface area contributed by atoms with Crippen molar-refractivity contribution in [2.75, 3.05) is 0 Å². The van der Waals surface area contributed by atoms with E-state index in [9.17, 15) is 4.79 Å². The van der Waals surface area contributed by atoms with E-state index in [0.717, 1.165) is 22.2 Å². The molecule has 3 aromatic carbocycles. The molecule has 0 bridgehead atoms. The average Bonchev–Trinajstić information content (AvgIpc) is 2.94. The van der Waals surface area contributed by atoms with Crippen molar-refractivity contribution in [1.82, 2.24) is 9.97 Å². The van der Waals surface area contributed by atoms with Crippen LogP contribution in [0.25, 0.3) is 21.8 Å². The Balaban J connectivity index is 1.52. The molecule has 0 saturated carbocycles. The van der Waals surface area contributed by atoms with Crippen LogP contribution in [0.15, 0.2) is 60.7 Å². The molecule has 3 nitrogen and oxygen atoms in total. The lowest BCUT2D eigenvalue weighted by molar-refractivity contribution is -0.117. The highest BCUT2D eigenvalue weighted by Gasteiger charge is 2.07. The van der Waals surface area contributed by atoms with Crippen molar-refractivity contribution in [2.24, 2.45) is 0 Å². The Bertz CT molecular complexity index is 1110. The number of hydrogen-bond donors (Lipinski definition) is 2. The second-order valence-electron chi connectivity index (χ2n) is 6.03. The molecule has 118 valence electrons. The van der Waals surface area contributed by atoms with Crippen LogP contribution in [0.1, 0.15) is 11.1 Å². The monoisotopic (exact) mass is 332 g/mol. The van der Waals surface area contributed by atoms with Gasteiger partial charge in [0.1, 0.15) is 5.78 Å². The first kappa shape index (κ1) is 14.8. The van der Waals surface area contributed by atoms with Crippen molar-refractivity contribution in [2.45, 2.75) is 12.8 Å². The number of rotatable bonds is 4. The molecular formula is C20H16N2OS. The lowest BCUT2D eigenvalue weighted by Crippen LogP contribution is -2.06. The number of aromatic amines is 2. The fourth-order valence-electron chi connectivity index (χ4n) is 3.06. The van der Waals surface area contributed by atoms with Crippen LogP contribution in [-0.2, 0) is 17.6 Å². The second-order valence-corrected chi connectivity index (χ2v) is 6.44. The molecule has 4 heteroatoms. The smallest absolute Gasteiger partial charge is 0.175 e. The van der Waals surface area contributed by atoms with Crippen molar-refractivity contribution in [3.8, 4) is 0 Å². The van der Waals surface area contributed by atoms with Gasteiger partial charge in [0.25, 0.3) is 0 Å². The highest BCUT2D eigenvalue weighted by molar-refractivity contribution is 7.71. The fraction of sp³-hybridized carbons (Fsp3) is 0.100. The van der Waals surface area contributed by atoms with E-state index in [2.05, 4.69) is 34.2 Å². The number of aromatic nitrogens is 2. The Hall–Kier alpha value is -2.72. The van der Waals surface area contributed by atoms with Gasteiger partial charge >= 0.3 is 0 Å². The van der Waals surface area contributed by atoms with Crippen molar-refractivity contribution >= 4 is 39.8 Å². The molecule has 0 saturated heterocycles. The standard InChI is InChI=1S/C20H16N2OS/c23-17(10-13-5-7-15-3-1-2-4-16(15)9-13)11-14-6-8-18-19(12-14)22-20(24)21-18/h1-9,12H,10-11H2,(H2,21,22,24). The maximum Gasteiger partial charge on any atom is 0.175 e. The molecule has 2 N–H and O–H groups in total. The SMILES string of the molecule is O=C(Cc1ccc2ccccc2c1)Cc1ccc2[nH]c(=S)[nH]c2c1. The van der Waals surface area contributed by atoms with Crippen LogP contribution in [0.3, 0.4) is 0 Å². The molecule has 4 aromatic rings. The van der Waals surface area contributed by atoms with Gasteiger partial charge in [0.15, 0.2) is 4.77 Å². The third-order valence-corrected chi connectivity index (χ3v) is 4.40. The lowest BCUT2D eigenvalue weighted by atomic mass is 10.00. The second kappa shape index (κ2) is 6.06. The van der Waals surface area contributed by atoms with E-state index in [1.54, 1.807) is 0 Å². The number of fused-ring (bicyclic) bond motifs is 2. The molecule has 0 unspecified atom stereocenters. The summed E-state index contributed by atoms with van der Waals surface area (Å²) in [5.74, 6) is 0.207. The third-order valence-electron chi connectivity index (χ3n) is 4.20. The summed E-state index contributed by atoms with van der Waals surface area (Å²) in [6.07, 6.45) is 0.876. The van der Waals surface area contributed by atoms with Crippen LogP contribution < -0.4 is 0 Å². The summed E-state index contributed by atoms with van der Waals surface area (Å²) in [5.41, 5.74) is 3.96. The van der Waals surface area contributed by atoms with Crippen LogP contribution in [0.2, 0.25) is 0 Å². The summed E-state index contributed by atoms with van der Waals surface area (Å²) in [6.45, 7) is 0. The zero-order valence-electron chi connectivity index (χ0n) is 13.0. The first-order valence-corrected chi connectivity index (χ1v) is 8.28. The summed E-state index contributed by atoms with van der Waals surface area (Å²) >= 11 is 5.09. The molecule has 0 spiro atoms. The summed E-state index contributed by atoms with van der Waals surface area (Å²) in [7, 11) is 0. The molecule has 1 aromatic heterocycles. The summed E-state index contributed by atoms with van der Waals surface area (Å²) in [6, 6.07) is 20.3. The molecule has 24 heavy (non-hydrogen) atoms. The van der Waals surface area contributed by atoms with Gasteiger partial charge in [-0.15, -0.1) is 0 Å². The average molecular weight is 332 g/mol. The van der Waals surface area contributed by atoms with Gasteiger partial charge in [0.05, 0.1) is 11.0 Å². The van der Waals surface area contributed by atoms with Crippen LogP contribution in [0, 0.1) is 4.77 Å². The highest BCUT2D eigenvalue weighted by Crippen LogP contribution is 2.17. The zero-order chi connectivity index (χ0) is 16.5. The van der Waals surface area contributed by atoms with Gasteiger partial charge < -0.3 is 9.97 Å². The predicted molar refractivity (Wildman–Crippen MR) is 99.8 cm³/mol. The number of Topliss-reactive ketones (excluding diaryl/α,β-unsaturated/α-hetero) is 1. The molecule has 0 aliphatic heterocycles. The normalized spacial score (nSPS) is 11.2. The Morgan fingerprint density at radius 1 is 0.792 bits per heavy atom. The third kappa shape index (κ3) is 3.01. The van der Waals surface area contributed by atoms with Crippen molar-refractivity contribution < 1.29 is 4.79 Å². The number of benzene rings is 3. The maximum atomic E-state index is 12.4. The van der Waals surface area contributed by atoms with E-state index < -0.39 is 0 Å². The largest absolute Gasteiger partial charge is 0.331 e. The van der Waals surface area contributed by atoms with Gasteiger partial charge in [0.2, 0.25) is 0 Å². The summed E-state index contributed by atoms with van der Waals surface area (Å²) in [4.78, 5) is 18.6. The molecule has 0 aliphatic carbocycles. The van der Waals surface area contributed by atoms with E-state index in [1.807, 2.05) is 36.4 Å². The van der Waals surface area contributed by atoms with E-state index in [0.29, 0.717) is 17.6 Å². The number of carbonyl (C=O) groups excluding carboxylic acids is 1. The first-order valence-electron chi connectivity index (χ1n) is 7.88. The van der Waals surface area contributed by atoms with Crippen LogP contribution in [-0.4, -0.2) is 15.8 Å². The molecule has 1 heterocycles.